The molecule has 1 aliphatic rings. The van der Waals surface area contributed by atoms with Crippen LogP contribution in [0, 0.1) is 0 Å². The first kappa shape index (κ1) is 12.2. The Morgan fingerprint density at radius 2 is 2.65 bits per heavy atom. The Bertz CT molecular complexity index is 462. The van der Waals surface area contributed by atoms with Crippen molar-refractivity contribution >= 4 is 17.6 Å². The second kappa shape index (κ2) is 5.35. The van der Waals surface area contributed by atoms with E-state index in [9.17, 15) is 4.79 Å². The molecule has 6 nitrogen and oxygen atoms in total. The zero-order valence-corrected chi connectivity index (χ0v) is 9.89. The maximum absolute atomic E-state index is 11.7. The van der Waals surface area contributed by atoms with Gasteiger partial charge in [0.1, 0.15) is 17.5 Å². The fraction of sp³-hybridized carbons (Fsp3) is 0.400. The quantitative estimate of drug-likeness (QED) is 0.810. The molecule has 1 aliphatic heterocycles. The van der Waals surface area contributed by atoms with Crippen LogP contribution in [0.25, 0.3) is 0 Å². The van der Waals surface area contributed by atoms with Crippen molar-refractivity contribution in [2.75, 3.05) is 17.7 Å². The molecule has 2 atom stereocenters. The smallest absolute Gasteiger partial charge is 0.351 e. The van der Waals surface area contributed by atoms with Gasteiger partial charge in [0.25, 0.3) is 0 Å². The first-order chi connectivity index (χ1) is 8.24. The van der Waals surface area contributed by atoms with Crippen LogP contribution in [0.5, 0.6) is 0 Å². The van der Waals surface area contributed by atoms with Crippen molar-refractivity contribution in [3.8, 4) is 0 Å². The predicted octanol–water partition coefficient (Wildman–Crippen LogP) is 0.379. The van der Waals surface area contributed by atoms with Crippen molar-refractivity contribution in [3.63, 3.8) is 0 Å². The number of anilines is 1. The minimum atomic E-state index is -0.388. The molecule has 1 fully saturated rings. The topological polar surface area (TPSA) is 76.4 Å². The fourth-order valence-corrected chi connectivity index (χ4v) is 2.43. The van der Waals surface area contributed by atoms with Crippen molar-refractivity contribution in [1.29, 1.82) is 0 Å². The fourth-order valence-electron chi connectivity index (χ4n) is 1.50. The average Bonchev–Trinajstić information content (AvgIpc) is 2.78. The van der Waals surface area contributed by atoms with Crippen LogP contribution < -0.4 is 11.0 Å². The standard InChI is InChI=1S/C10H13N3O3S/c1-2-11-7-3-4-13(10(15)12-7)8-6-17-9(5-14)16-8/h2-4,8-9,14H,1,5-6H2,(H,11,12,15)/t8-,9+/m0/s1. The van der Waals surface area contributed by atoms with Gasteiger partial charge in [0.2, 0.25) is 0 Å². The van der Waals surface area contributed by atoms with E-state index in [4.69, 9.17) is 9.84 Å². The predicted molar refractivity (Wildman–Crippen MR) is 65.8 cm³/mol. The van der Waals surface area contributed by atoms with Gasteiger partial charge in [-0.1, -0.05) is 6.58 Å². The molecule has 0 saturated carbocycles. The number of thioether (sulfide) groups is 1. The average molecular weight is 255 g/mol. The van der Waals surface area contributed by atoms with Gasteiger partial charge in [-0.15, -0.1) is 11.8 Å². The Kier molecular flexibility index (Phi) is 3.82. The highest BCUT2D eigenvalue weighted by Gasteiger charge is 2.27. The normalized spacial score (nSPS) is 23.6. The first-order valence-electron chi connectivity index (χ1n) is 5.09. The van der Waals surface area contributed by atoms with Crippen LogP contribution in [0.2, 0.25) is 0 Å². The van der Waals surface area contributed by atoms with Crippen LogP contribution in [0.15, 0.2) is 29.8 Å². The molecule has 1 saturated heterocycles. The van der Waals surface area contributed by atoms with Crippen LogP contribution in [0.3, 0.4) is 0 Å². The van der Waals surface area contributed by atoms with E-state index in [-0.39, 0.29) is 24.0 Å². The molecule has 2 N–H and O–H groups in total. The highest BCUT2D eigenvalue weighted by molar-refractivity contribution is 8.00. The van der Waals surface area contributed by atoms with Crippen LogP contribution in [0.4, 0.5) is 5.82 Å². The molecule has 7 heteroatoms. The van der Waals surface area contributed by atoms with E-state index in [1.165, 1.54) is 22.5 Å². The highest BCUT2D eigenvalue weighted by atomic mass is 32.2. The Balaban J connectivity index is 2.17. The van der Waals surface area contributed by atoms with Crippen LogP contribution in [-0.2, 0) is 4.74 Å². The molecule has 1 aromatic rings. The van der Waals surface area contributed by atoms with Gasteiger partial charge in [-0.25, -0.2) is 4.79 Å². The van der Waals surface area contributed by atoms with E-state index in [0.717, 1.165) is 0 Å². The number of hydrogen-bond donors (Lipinski definition) is 2. The Morgan fingerprint density at radius 1 is 1.82 bits per heavy atom. The maximum atomic E-state index is 11.7. The maximum Gasteiger partial charge on any atom is 0.351 e. The molecule has 0 amide bonds. The molecule has 17 heavy (non-hydrogen) atoms. The lowest BCUT2D eigenvalue weighted by atomic mass is 10.5. The van der Waals surface area contributed by atoms with Crippen molar-refractivity contribution in [3.05, 3.63) is 35.5 Å². The molecule has 0 unspecified atom stereocenters. The van der Waals surface area contributed by atoms with Crippen molar-refractivity contribution < 1.29 is 9.84 Å². The molecule has 2 heterocycles. The van der Waals surface area contributed by atoms with E-state index in [1.807, 2.05) is 0 Å². The van der Waals surface area contributed by atoms with Gasteiger partial charge in [-0.2, -0.15) is 4.98 Å². The van der Waals surface area contributed by atoms with Gasteiger partial charge >= 0.3 is 5.69 Å². The van der Waals surface area contributed by atoms with Gasteiger partial charge in [-0.05, 0) is 12.3 Å². The first-order valence-corrected chi connectivity index (χ1v) is 6.14. The molecular weight excluding hydrogens is 242 g/mol. The van der Waals surface area contributed by atoms with E-state index < -0.39 is 0 Å². The van der Waals surface area contributed by atoms with Gasteiger partial charge in [-0.3, -0.25) is 4.57 Å². The number of aliphatic hydroxyl groups excluding tert-OH is 1. The largest absolute Gasteiger partial charge is 0.393 e. The summed E-state index contributed by atoms with van der Waals surface area (Å²) in [5.41, 5.74) is -0.654. The minimum Gasteiger partial charge on any atom is -0.393 e. The third-order valence-electron chi connectivity index (χ3n) is 2.27. The van der Waals surface area contributed by atoms with E-state index in [0.29, 0.717) is 11.6 Å². The molecule has 0 aromatic carbocycles. The minimum absolute atomic E-state index is 0.0561. The Hall–Kier alpha value is -1.31. The third kappa shape index (κ3) is 2.68. The van der Waals surface area contributed by atoms with Gasteiger partial charge in [0, 0.05) is 11.9 Å². The van der Waals surface area contributed by atoms with E-state index in [2.05, 4.69) is 16.9 Å². The Morgan fingerprint density at radius 3 is 3.24 bits per heavy atom. The number of nitrogens with one attached hydrogen (secondary N) is 1. The molecule has 0 aliphatic carbocycles. The van der Waals surface area contributed by atoms with Crippen molar-refractivity contribution in [2.24, 2.45) is 0 Å². The third-order valence-corrected chi connectivity index (χ3v) is 3.38. The molecular formula is C10H13N3O3S. The summed E-state index contributed by atoms with van der Waals surface area (Å²) in [6.07, 6.45) is 2.71. The molecule has 92 valence electrons. The SMILES string of the molecule is C=CNc1ccn([C@@H]2CS[C@H](CO)O2)c(=O)n1. The number of rotatable bonds is 4. The number of nitrogens with zero attached hydrogens (tertiary/aromatic N) is 2. The second-order valence-corrected chi connectivity index (χ2v) is 4.58. The summed E-state index contributed by atoms with van der Waals surface area (Å²) in [5, 5.41) is 11.7. The van der Waals surface area contributed by atoms with Crippen molar-refractivity contribution in [2.45, 2.75) is 11.7 Å². The second-order valence-electron chi connectivity index (χ2n) is 3.39. The summed E-state index contributed by atoms with van der Waals surface area (Å²) >= 11 is 1.48. The van der Waals surface area contributed by atoms with Crippen molar-refractivity contribution in [1.82, 2.24) is 9.55 Å². The lowest BCUT2D eigenvalue weighted by Gasteiger charge is -2.13. The van der Waals surface area contributed by atoms with Gasteiger partial charge < -0.3 is 15.2 Å². The number of aromatic nitrogens is 2. The Labute approximate surface area is 102 Å². The van der Waals surface area contributed by atoms with E-state index in [1.54, 1.807) is 12.3 Å². The summed E-state index contributed by atoms with van der Waals surface area (Å²) in [6, 6.07) is 1.67. The van der Waals surface area contributed by atoms with Crippen LogP contribution in [0.1, 0.15) is 6.23 Å². The van der Waals surface area contributed by atoms with Crippen LogP contribution >= 0.6 is 11.8 Å². The summed E-state index contributed by atoms with van der Waals surface area (Å²) in [4.78, 5) is 15.6. The molecule has 2 rings (SSSR count). The number of ether oxygens (including phenoxy) is 1. The van der Waals surface area contributed by atoms with Gasteiger partial charge in [0.05, 0.1) is 6.61 Å². The molecule has 0 spiro atoms. The molecule has 1 aromatic heterocycles. The summed E-state index contributed by atoms with van der Waals surface area (Å²) < 4.78 is 6.89. The van der Waals surface area contributed by atoms with Crippen LogP contribution in [-0.4, -0.2) is 32.5 Å². The number of hydrogen-bond acceptors (Lipinski definition) is 6. The lowest BCUT2D eigenvalue weighted by Crippen LogP contribution is -2.28. The zero-order chi connectivity index (χ0) is 12.3. The van der Waals surface area contributed by atoms with Gasteiger partial charge in [0.15, 0.2) is 0 Å². The molecule has 0 radical (unpaired) electrons. The van der Waals surface area contributed by atoms with E-state index >= 15 is 0 Å². The summed E-state index contributed by atoms with van der Waals surface area (Å²) in [6.45, 7) is 3.43. The number of aliphatic hydroxyl groups is 1. The monoisotopic (exact) mass is 255 g/mol. The lowest BCUT2D eigenvalue weighted by molar-refractivity contribution is -0.00629. The summed E-state index contributed by atoms with van der Waals surface area (Å²) in [5.74, 6) is 1.08. The highest BCUT2D eigenvalue weighted by Crippen LogP contribution is 2.30. The summed E-state index contributed by atoms with van der Waals surface area (Å²) in [7, 11) is 0. The zero-order valence-electron chi connectivity index (χ0n) is 9.07. The molecule has 0 bridgehead atoms.